The fraction of sp³-hybridized carbons (Fsp3) is 0.333. The minimum Gasteiger partial charge on any atom is -0.461 e. The van der Waals surface area contributed by atoms with Crippen molar-refractivity contribution in [1.29, 1.82) is 0 Å². The Morgan fingerprint density at radius 1 is 0.969 bits per heavy atom. The van der Waals surface area contributed by atoms with Gasteiger partial charge in [-0.05, 0) is 36.6 Å². The van der Waals surface area contributed by atoms with Gasteiger partial charge in [0, 0.05) is 36.9 Å². The third-order valence-electron chi connectivity index (χ3n) is 4.26. The molecule has 0 aliphatic heterocycles. The van der Waals surface area contributed by atoms with Crippen LogP contribution in [0.3, 0.4) is 0 Å². The quantitative estimate of drug-likeness (QED) is 0.338. The molecule has 0 saturated carbocycles. The van der Waals surface area contributed by atoms with Crippen molar-refractivity contribution >= 4 is 23.3 Å². The Labute approximate surface area is 180 Å². The number of ether oxygens (including phenoxy) is 1. The molecule has 0 aliphatic rings. The van der Waals surface area contributed by atoms with Crippen molar-refractivity contribution in [2.45, 2.75) is 33.0 Å². The summed E-state index contributed by atoms with van der Waals surface area (Å²) in [5.74, 6) is -6.87. The fourth-order valence-corrected chi connectivity index (χ4v) is 2.97. The normalized spacial score (nSPS) is 12.8. The smallest absolute Gasteiger partial charge is 0.302 e. The lowest BCUT2D eigenvalue weighted by atomic mass is 10.1. The van der Waals surface area contributed by atoms with Crippen molar-refractivity contribution in [2.24, 2.45) is 0 Å². The van der Waals surface area contributed by atoms with Gasteiger partial charge in [0.05, 0.1) is 12.2 Å². The summed E-state index contributed by atoms with van der Waals surface area (Å²) in [6.45, 7) is 3.92. The number of benzene rings is 2. The largest absolute Gasteiger partial charge is 0.461 e. The standard InChI is InChI=1S/C21H21F5N2O4/c1-11(31-13(3)29)9-28(10-12(2)32-26)19-6-14(4-5-16(19)22)21(30)27-15-7-17(23)20(25)18(24)8-15/h4-8,11-12H,9-10H2,1-3H3,(H,27,30)/t11-,12+/m1/s1. The van der Waals surface area contributed by atoms with Gasteiger partial charge in [-0.3, -0.25) is 9.59 Å². The second kappa shape index (κ2) is 10.9. The van der Waals surface area contributed by atoms with Crippen molar-refractivity contribution in [3.63, 3.8) is 0 Å². The molecule has 2 aromatic carbocycles. The average Bonchev–Trinajstić information content (AvgIpc) is 2.71. The molecule has 0 unspecified atom stereocenters. The van der Waals surface area contributed by atoms with Gasteiger partial charge >= 0.3 is 5.97 Å². The van der Waals surface area contributed by atoms with Crippen molar-refractivity contribution < 1.29 is 41.4 Å². The summed E-state index contributed by atoms with van der Waals surface area (Å²) in [5, 5.41) is 2.19. The Bertz CT molecular complexity index is 966. The van der Waals surface area contributed by atoms with Crippen LogP contribution in [0.2, 0.25) is 0 Å². The van der Waals surface area contributed by atoms with E-state index in [0.717, 1.165) is 18.2 Å². The van der Waals surface area contributed by atoms with Crippen LogP contribution >= 0.6 is 0 Å². The number of esters is 1. The lowest BCUT2D eigenvalue weighted by molar-refractivity contribution is -0.169. The zero-order valence-electron chi connectivity index (χ0n) is 17.4. The van der Waals surface area contributed by atoms with Crippen LogP contribution in [0.25, 0.3) is 0 Å². The molecule has 0 radical (unpaired) electrons. The number of amides is 1. The molecule has 32 heavy (non-hydrogen) atoms. The fourth-order valence-electron chi connectivity index (χ4n) is 2.97. The van der Waals surface area contributed by atoms with Crippen LogP contribution < -0.4 is 10.2 Å². The first-order valence-electron chi connectivity index (χ1n) is 9.46. The number of hydrogen-bond acceptors (Lipinski definition) is 5. The molecule has 174 valence electrons. The molecule has 0 bridgehead atoms. The van der Waals surface area contributed by atoms with Crippen LogP contribution in [-0.4, -0.2) is 37.2 Å². The highest BCUT2D eigenvalue weighted by atomic mass is 19.3. The van der Waals surface area contributed by atoms with E-state index in [4.69, 9.17) is 4.74 Å². The second-order valence-corrected chi connectivity index (χ2v) is 7.10. The summed E-state index contributed by atoms with van der Waals surface area (Å²) in [6.07, 6.45) is -1.69. The summed E-state index contributed by atoms with van der Waals surface area (Å²) in [4.78, 5) is 28.7. The molecule has 1 N–H and O–H groups in total. The van der Waals surface area contributed by atoms with E-state index in [1.54, 1.807) is 6.92 Å². The van der Waals surface area contributed by atoms with E-state index in [-0.39, 0.29) is 30.0 Å². The molecule has 1 amide bonds. The highest BCUT2D eigenvalue weighted by Gasteiger charge is 2.21. The van der Waals surface area contributed by atoms with Gasteiger partial charge in [0.25, 0.3) is 5.91 Å². The molecule has 0 heterocycles. The van der Waals surface area contributed by atoms with Gasteiger partial charge in [-0.25, -0.2) is 17.6 Å². The van der Waals surface area contributed by atoms with Gasteiger partial charge in [-0.1, -0.05) is 0 Å². The van der Waals surface area contributed by atoms with Gasteiger partial charge in [-0.2, -0.15) is 4.94 Å². The number of carbonyl (C=O) groups is 2. The van der Waals surface area contributed by atoms with Gasteiger partial charge < -0.3 is 15.0 Å². The van der Waals surface area contributed by atoms with Crippen LogP contribution in [0.5, 0.6) is 0 Å². The van der Waals surface area contributed by atoms with Crippen molar-refractivity contribution in [2.75, 3.05) is 23.3 Å². The molecule has 0 spiro atoms. The molecule has 0 fully saturated rings. The lowest BCUT2D eigenvalue weighted by Crippen LogP contribution is -2.38. The third-order valence-corrected chi connectivity index (χ3v) is 4.26. The Morgan fingerprint density at radius 3 is 2.12 bits per heavy atom. The van der Waals surface area contributed by atoms with Crippen LogP contribution in [-0.2, 0) is 14.5 Å². The second-order valence-electron chi connectivity index (χ2n) is 7.10. The molecule has 11 heteroatoms. The van der Waals surface area contributed by atoms with Gasteiger partial charge in [0.2, 0.25) is 0 Å². The number of halogens is 5. The van der Waals surface area contributed by atoms with E-state index in [9.17, 15) is 31.7 Å². The molecule has 2 atom stereocenters. The number of nitrogens with one attached hydrogen (secondary N) is 1. The Balaban J connectivity index is 2.32. The van der Waals surface area contributed by atoms with E-state index in [0.29, 0.717) is 12.1 Å². The lowest BCUT2D eigenvalue weighted by Gasteiger charge is -2.29. The summed E-state index contributed by atoms with van der Waals surface area (Å²) in [6, 6.07) is 4.41. The predicted molar refractivity (Wildman–Crippen MR) is 106 cm³/mol. The average molecular weight is 460 g/mol. The van der Waals surface area contributed by atoms with E-state index in [1.807, 2.05) is 0 Å². The molecule has 0 saturated heterocycles. The van der Waals surface area contributed by atoms with Crippen LogP contribution in [0.4, 0.5) is 33.5 Å². The summed E-state index contributed by atoms with van der Waals surface area (Å²) >= 11 is 0. The highest BCUT2D eigenvalue weighted by Crippen LogP contribution is 2.24. The molecule has 2 rings (SSSR count). The number of anilines is 2. The van der Waals surface area contributed by atoms with Crippen molar-refractivity contribution in [3.8, 4) is 0 Å². The minimum absolute atomic E-state index is 0.0519. The first kappa shape index (κ1) is 25.1. The zero-order chi connectivity index (χ0) is 24.0. The zero-order valence-corrected chi connectivity index (χ0v) is 17.4. The maximum absolute atomic E-state index is 14.6. The highest BCUT2D eigenvalue weighted by molar-refractivity contribution is 6.04. The van der Waals surface area contributed by atoms with Crippen LogP contribution in [0.1, 0.15) is 31.1 Å². The Kier molecular flexibility index (Phi) is 8.53. The summed E-state index contributed by atoms with van der Waals surface area (Å²) in [7, 11) is 0. The molecule has 6 nitrogen and oxygen atoms in total. The van der Waals surface area contributed by atoms with Crippen LogP contribution in [0.15, 0.2) is 30.3 Å². The SMILES string of the molecule is CC(=O)O[C@H](C)CN(C[C@H](C)OF)c1cc(C(=O)Nc2cc(F)c(F)c(F)c2)ccc1F. The molecular formula is C21H21F5N2O4. The van der Waals surface area contributed by atoms with Crippen molar-refractivity contribution in [1.82, 2.24) is 0 Å². The van der Waals surface area contributed by atoms with Crippen molar-refractivity contribution in [3.05, 3.63) is 59.2 Å². The van der Waals surface area contributed by atoms with Crippen LogP contribution in [0, 0.1) is 23.3 Å². The van der Waals surface area contributed by atoms with E-state index < -0.39 is 47.4 Å². The summed E-state index contributed by atoms with van der Waals surface area (Å²) < 4.78 is 72.1. The van der Waals surface area contributed by atoms with E-state index in [1.165, 1.54) is 18.7 Å². The molecule has 0 aromatic heterocycles. The number of hydrogen-bond donors (Lipinski definition) is 1. The summed E-state index contributed by atoms with van der Waals surface area (Å²) in [5.41, 5.74) is -0.584. The third kappa shape index (κ3) is 6.64. The number of rotatable bonds is 9. The van der Waals surface area contributed by atoms with Gasteiger partial charge in [0.1, 0.15) is 18.0 Å². The monoisotopic (exact) mass is 460 g/mol. The van der Waals surface area contributed by atoms with Gasteiger partial charge in [0.15, 0.2) is 17.5 Å². The molecule has 0 aliphatic carbocycles. The minimum atomic E-state index is -1.69. The van der Waals surface area contributed by atoms with E-state index in [2.05, 4.69) is 10.3 Å². The first-order chi connectivity index (χ1) is 15.0. The molecular weight excluding hydrogens is 439 g/mol. The van der Waals surface area contributed by atoms with E-state index >= 15 is 0 Å². The topological polar surface area (TPSA) is 67.9 Å². The maximum Gasteiger partial charge on any atom is 0.302 e. The first-order valence-corrected chi connectivity index (χ1v) is 9.46. The van der Waals surface area contributed by atoms with Gasteiger partial charge in [-0.15, -0.1) is 0 Å². The number of carbonyl (C=O) groups excluding carboxylic acids is 2. The Morgan fingerprint density at radius 2 is 1.56 bits per heavy atom. The molecule has 2 aromatic rings. The number of nitrogens with zero attached hydrogens (tertiary/aromatic N) is 1. The Hall–Kier alpha value is -3.21. The maximum atomic E-state index is 14.6. The predicted octanol–water partition coefficient (Wildman–Crippen LogP) is 4.54.